The number of hydrogen-bond acceptors (Lipinski definition) is 4. The molecule has 29 heavy (non-hydrogen) atoms. The first-order chi connectivity index (χ1) is 13.9. The van der Waals surface area contributed by atoms with E-state index in [1.807, 2.05) is 0 Å². The minimum Gasteiger partial charge on any atom is -0.492 e. The summed E-state index contributed by atoms with van der Waals surface area (Å²) in [5, 5.41) is 23.0. The van der Waals surface area contributed by atoms with Crippen molar-refractivity contribution in [1.29, 1.82) is 0 Å². The number of rotatable bonds is 7. The number of carbonyl (C=O) groups is 2. The van der Waals surface area contributed by atoms with Gasteiger partial charge in [0.2, 0.25) is 5.91 Å². The van der Waals surface area contributed by atoms with Crippen LogP contribution in [0.2, 0.25) is 10.0 Å². The summed E-state index contributed by atoms with van der Waals surface area (Å²) in [5.41, 5.74) is 1.28. The summed E-state index contributed by atoms with van der Waals surface area (Å²) in [6.07, 6.45) is 0.0351. The maximum atomic E-state index is 12.2. The first-order valence-electron chi connectivity index (χ1n) is 8.66. The van der Waals surface area contributed by atoms with Gasteiger partial charge in [-0.2, -0.15) is 0 Å². The zero-order chi connectivity index (χ0) is 21.0. The summed E-state index contributed by atoms with van der Waals surface area (Å²) in [6.45, 7) is -0.104. The van der Waals surface area contributed by atoms with Gasteiger partial charge in [-0.1, -0.05) is 35.3 Å². The van der Waals surface area contributed by atoms with Gasteiger partial charge >= 0.3 is 5.97 Å². The molecule has 0 radical (unpaired) electrons. The van der Waals surface area contributed by atoms with Crippen molar-refractivity contribution < 1.29 is 24.5 Å². The molecule has 3 aromatic rings. The highest BCUT2D eigenvalue weighted by molar-refractivity contribution is 6.39. The lowest BCUT2D eigenvalue weighted by Crippen LogP contribution is -2.15. The third-order valence-corrected chi connectivity index (χ3v) is 4.67. The molecular weight excluding hydrogens is 417 g/mol. The molecule has 0 aliphatic heterocycles. The highest BCUT2D eigenvalue weighted by Crippen LogP contribution is 2.36. The maximum Gasteiger partial charge on any atom is 0.335 e. The number of carbonyl (C=O) groups excluding carboxylic acids is 1. The van der Waals surface area contributed by atoms with Gasteiger partial charge in [-0.15, -0.1) is 0 Å². The van der Waals surface area contributed by atoms with Crippen LogP contribution in [0, 0.1) is 0 Å². The first kappa shape index (κ1) is 20.9. The van der Waals surface area contributed by atoms with Crippen molar-refractivity contribution in [3.63, 3.8) is 0 Å². The Morgan fingerprint density at radius 3 is 2.59 bits per heavy atom. The number of amides is 1. The molecule has 3 aromatic carbocycles. The number of fused-ring (bicyclic) bond motifs is 1. The van der Waals surface area contributed by atoms with Crippen LogP contribution >= 0.6 is 23.2 Å². The number of aliphatic hydroxyl groups is 1. The SMILES string of the molecule is O=C(CCOc1cc(C(=O)O)cc2cc(Cl)cc(Cl)c12)Nc1cccc(CO)c1. The molecule has 0 spiro atoms. The van der Waals surface area contributed by atoms with Crippen molar-refractivity contribution >= 4 is 51.5 Å². The molecule has 0 saturated heterocycles. The monoisotopic (exact) mass is 433 g/mol. The lowest BCUT2D eigenvalue weighted by Gasteiger charge is -2.13. The van der Waals surface area contributed by atoms with E-state index in [-0.39, 0.29) is 36.9 Å². The van der Waals surface area contributed by atoms with Gasteiger partial charge in [-0.25, -0.2) is 4.79 Å². The van der Waals surface area contributed by atoms with Crippen LogP contribution in [0.3, 0.4) is 0 Å². The Kier molecular flexibility index (Phi) is 6.59. The lowest BCUT2D eigenvalue weighted by atomic mass is 10.1. The number of aromatic carboxylic acids is 1. The van der Waals surface area contributed by atoms with E-state index in [1.165, 1.54) is 12.1 Å². The van der Waals surface area contributed by atoms with E-state index in [0.717, 1.165) is 0 Å². The number of benzene rings is 3. The summed E-state index contributed by atoms with van der Waals surface area (Å²) in [4.78, 5) is 23.6. The van der Waals surface area contributed by atoms with E-state index in [9.17, 15) is 14.7 Å². The standard InChI is InChI=1S/C21H17Cl2NO5/c22-15-8-13-7-14(21(27)28)9-18(20(13)17(23)10-15)29-5-4-19(26)24-16-3-1-2-12(6-16)11-25/h1-3,6-10,25H,4-5,11H2,(H,24,26)(H,27,28). The van der Waals surface area contributed by atoms with Crippen LogP contribution in [0.4, 0.5) is 5.69 Å². The van der Waals surface area contributed by atoms with Gasteiger partial charge in [0.05, 0.1) is 30.2 Å². The lowest BCUT2D eigenvalue weighted by molar-refractivity contribution is -0.116. The van der Waals surface area contributed by atoms with Gasteiger partial charge in [0.1, 0.15) is 5.75 Å². The van der Waals surface area contributed by atoms with E-state index < -0.39 is 5.97 Å². The van der Waals surface area contributed by atoms with Crippen LogP contribution in [0.25, 0.3) is 10.8 Å². The zero-order valence-corrected chi connectivity index (χ0v) is 16.6. The van der Waals surface area contributed by atoms with Crippen LogP contribution in [-0.4, -0.2) is 28.7 Å². The predicted octanol–water partition coefficient (Wildman–Crippen LogP) is 4.74. The Morgan fingerprint density at radius 1 is 1.07 bits per heavy atom. The maximum absolute atomic E-state index is 12.2. The number of nitrogens with one attached hydrogen (secondary N) is 1. The average Bonchev–Trinajstić information content (AvgIpc) is 2.67. The number of halogens is 2. The van der Waals surface area contributed by atoms with Crippen molar-refractivity contribution in [3.05, 3.63) is 69.7 Å². The van der Waals surface area contributed by atoms with Crippen LogP contribution in [0.1, 0.15) is 22.3 Å². The first-order valence-corrected chi connectivity index (χ1v) is 9.41. The van der Waals surface area contributed by atoms with Gasteiger partial charge in [-0.3, -0.25) is 4.79 Å². The molecule has 0 unspecified atom stereocenters. The molecule has 3 N–H and O–H groups in total. The molecule has 0 saturated carbocycles. The number of anilines is 1. The summed E-state index contributed by atoms with van der Waals surface area (Å²) in [6, 6.07) is 12.8. The molecule has 1 amide bonds. The normalized spacial score (nSPS) is 10.7. The summed E-state index contributed by atoms with van der Waals surface area (Å²) >= 11 is 12.3. The van der Waals surface area contributed by atoms with Gasteiger partial charge < -0.3 is 20.3 Å². The highest BCUT2D eigenvalue weighted by Gasteiger charge is 2.14. The minimum absolute atomic E-state index is 0.0165. The Hall–Kier alpha value is -2.80. The topological polar surface area (TPSA) is 95.9 Å². The third kappa shape index (κ3) is 5.17. The fourth-order valence-corrected chi connectivity index (χ4v) is 3.45. The second kappa shape index (κ2) is 9.13. The Bertz CT molecular complexity index is 1080. The molecule has 0 heterocycles. The van der Waals surface area contributed by atoms with E-state index in [0.29, 0.717) is 32.1 Å². The Morgan fingerprint density at radius 2 is 1.86 bits per heavy atom. The van der Waals surface area contributed by atoms with E-state index >= 15 is 0 Å². The van der Waals surface area contributed by atoms with Gasteiger partial charge in [0.25, 0.3) is 0 Å². The largest absolute Gasteiger partial charge is 0.492 e. The summed E-state index contributed by atoms with van der Waals surface area (Å²) in [7, 11) is 0. The Balaban J connectivity index is 1.74. The van der Waals surface area contributed by atoms with E-state index in [4.69, 9.17) is 33.0 Å². The number of carboxylic acids is 1. The summed E-state index contributed by atoms with van der Waals surface area (Å²) < 4.78 is 5.69. The van der Waals surface area contributed by atoms with Gasteiger partial charge in [-0.05, 0) is 47.3 Å². The highest BCUT2D eigenvalue weighted by atomic mass is 35.5. The number of carboxylic acid groups (broad SMARTS) is 1. The molecule has 3 rings (SSSR count). The van der Waals surface area contributed by atoms with Crippen LogP contribution < -0.4 is 10.1 Å². The fourth-order valence-electron chi connectivity index (χ4n) is 2.85. The molecule has 8 heteroatoms. The summed E-state index contributed by atoms with van der Waals surface area (Å²) in [5.74, 6) is -1.14. The third-order valence-electron chi connectivity index (χ3n) is 4.16. The van der Waals surface area contributed by atoms with Crippen molar-refractivity contribution in [2.75, 3.05) is 11.9 Å². The number of aliphatic hydroxyl groups excluding tert-OH is 1. The smallest absolute Gasteiger partial charge is 0.335 e. The quantitative estimate of drug-likeness (QED) is 0.499. The van der Waals surface area contributed by atoms with E-state index in [1.54, 1.807) is 36.4 Å². The minimum atomic E-state index is -1.12. The van der Waals surface area contributed by atoms with Crippen molar-refractivity contribution in [3.8, 4) is 5.75 Å². The average molecular weight is 434 g/mol. The van der Waals surface area contributed by atoms with Crippen molar-refractivity contribution in [2.24, 2.45) is 0 Å². The van der Waals surface area contributed by atoms with Crippen LogP contribution in [0.5, 0.6) is 5.75 Å². The Labute approximate surface area is 176 Å². The van der Waals surface area contributed by atoms with Crippen molar-refractivity contribution in [2.45, 2.75) is 13.0 Å². The molecule has 0 atom stereocenters. The van der Waals surface area contributed by atoms with Crippen LogP contribution in [-0.2, 0) is 11.4 Å². The number of ether oxygens (including phenoxy) is 1. The molecule has 6 nitrogen and oxygen atoms in total. The molecule has 150 valence electrons. The molecule has 0 aliphatic carbocycles. The number of hydrogen-bond donors (Lipinski definition) is 3. The van der Waals surface area contributed by atoms with Crippen LogP contribution in [0.15, 0.2) is 48.5 Å². The van der Waals surface area contributed by atoms with Crippen molar-refractivity contribution in [1.82, 2.24) is 0 Å². The second-order valence-corrected chi connectivity index (χ2v) is 7.11. The second-order valence-electron chi connectivity index (χ2n) is 6.27. The molecular formula is C21H17Cl2NO5. The van der Waals surface area contributed by atoms with Gasteiger partial charge in [0.15, 0.2) is 0 Å². The fraction of sp³-hybridized carbons (Fsp3) is 0.143. The molecule has 0 aliphatic rings. The molecule has 0 fully saturated rings. The molecule has 0 bridgehead atoms. The molecule has 0 aromatic heterocycles. The van der Waals surface area contributed by atoms with E-state index in [2.05, 4.69) is 5.32 Å². The zero-order valence-electron chi connectivity index (χ0n) is 15.1. The van der Waals surface area contributed by atoms with Gasteiger partial charge in [0, 0.05) is 16.1 Å². The predicted molar refractivity (Wildman–Crippen MR) is 112 cm³/mol.